The predicted octanol–water partition coefficient (Wildman–Crippen LogP) is 3.31. The van der Waals surface area contributed by atoms with Crippen LogP contribution in [-0.4, -0.2) is 45.2 Å². The van der Waals surface area contributed by atoms with Gasteiger partial charge in [-0.3, -0.25) is 4.79 Å². The second-order valence-electron chi connectivity index (χ2n) is 5.56. The van der Waals surface area contributed by atoms with Gasteiger partial charge in [0, 0.05) is 12.2 Å². The summed E-state index contributed by atoms with van der Waals surface area (Å²) < 4.78 is 10.8. The first-order chi connectivity index (χ1) is 11.5. The molecular weight excluding hydrogens is 377 g/mol. The van der Waals surface area contributed by atoms with Gasteiger partial charge in [0.25, 0.3) is 5.91 Å². The molecule has 0 aromatic heterocycles. The zero-order valence-electron chi connectivity index (χ0n) is 15.0. The standard InChI is InChI=1S/C18H23N3O3.2ClH/c1-21(2)10-11-24-16-7-5-4-6-14(16)18(22)20-13-8-9-17(23-3)15(19)12-13;;/h4-9,12H,10-11,19H2,1-3H3,(H,20,22);2*1H. The van der Waals surface area contributed by atoms with Crippen LogP contribution in [0.4, 0.5) is 11.4 Å². The number of carbonyl (C=O) groups excluding carboxylic acids is 1. The van der Waals surface area contributed by atoms with E-state index in [4.69, 9.17) is 15.2 Å². The Morgan fingerprint density at radius 1 is 1.12 bits per heavy atom. The molecule has 0 saturated heterocycles. The van der Waals surface area contributed by atoms with E-state index in [0.717, 1.165) is 6.54 Å². The van der Waals surface area contributed by atoms with E-state index in [0.29, 0.717) is 35.0 Å². The Balaban J connectivity index is 0.00000312. The number of halogens is 2. The molecule has 26 heavy (non-hydrogen) atoms. The molecule has 3 N–H and O–H groups in total. The Labute approximate surface area is 166 Å². The number of nitrogens with zero attached hydrogens (tertiary/aromatic N) is 1. The van der Waals surface area contributed by atoms with E-state index in [-0.39, 0.29) is 30.7 Å². The first-order valence-corrected chi connectivity index (χ1v) is 7.62. The van der Waals surface area contributed by atoms with Crippen LogP contribution >= 0.6 is 24.8 Å². The zero-order chi connectivity index (χ0) is 17.5. The number of hydrogen-bond donors (Lipinski definition) is 2. The third-order valence-electron chi connectivity index (χ3n) is 3.42. The number of nitrogens with two attached hydrogens (primary N) is 1. The van der Waals surface area contributed by atoms with Crippen molar-refractivity contribution in [3.8, 4) is 11.5 Å². The van der Waals surface area contributed by atoms with Gasteiger partial charge in [-0.2, -0.15) is 0 Å². The van der Waals surface area contributed by atoms with Crippen LogP contribution in [-0.2, 0) is 0 Å². The largest absolute Gasteiger partial charge is 0.495 e. The highest BCUT2D eigenvalue weighted by Crippen LogP contribution is 2.26. The molecule has 0 radical (unpaired) electrons. The van der Waals surface area contributed by atoms with Crippen molar-refractivity contribution < 1.29 is 14.3 Å². The molecule has 2 aromatic rings. The smallest absolute Gasteiger partial charge is 0.259 e. The van der Waals surface area contributed by atoms with Gasteiger partial charge in [-0.25, -0.2) is 0 Å². The molecule has 0 bridgehead atoms. The molecule has 0 fully saturated rings. The second-order valence-corrected chi connectivity index (χ2v) is 5.56. The van der Waals surface area contributed by atoms with Crippen LogP contribution in [0.2, 0.25) is 0 Å². The van der Waals surface area contributed by atoms with E-state index in [1.54, 1.807) is 43.5 Å². The van der Waals surface area contributed by atoms with E-state index < -0.39 is 0 Å². The van der Waals surface area contributed by atoms with Gasteiger partial charge < -0.3 is 25.4 Å². The summed E-state index contributed by atoms with van der Waals surface area (Å²) in [5.74, 6) is 0.874. The highest BCUT2D eigenvalue weighted by Gasteiger charge is 2.13. The number of nitrogen functional groups attached to an aromatic ring is 1. The van der Waals surface area contributed by atoms with Gasteiger partial charge in [0.05, 0.1) is 18.4 Å². The molecule has 1 amide bonds. The normalized spacial score (nSPS) is 9.69. The third kappa shape index (κ3) is 6.63. The molecule has 144 valence electrons. The maximum Gasteiger partial charge on any atom is 0.259 e. The molecule has 2 rings (SSSR count). The van der Waals surface area contributed by atoms with Gasteiger partial charge in [-0.15, -0.1) is 24.8 Å². The van der Waals surface area contributed by atoms with Crippen molar-refractivity contribution >= 4 is 42.1 Å². The van der Waals surface area contributed by atoms with E-state index >= 15 is 0 Å². The number of rotatable bonds is 7. The number of hydrogen-bond acceptors (Lipinski definition) is 5. The number of ether oxygens (including phenoxy) is 2. The Morgan fingerprint density at radius 3 is 2.42 bits per heavy atom. The average molecular weight is 402 g/mol. The number of amides is 1. The summed E-state index contributed by atoms with van der Waals surface area (Å²) in [7, 11) is 5.48. The lowest BCUT2D eigenvalue weighted by Crippen LogP contribution is -2.20. The molecule has 0 aliphatic rings. The minimum Gasteiger partial charge on any atom is -0.495 e. The lowest BCUT2D eigenvalue weighted by molar-refractivity contribution is 0.102. The summed E-state index contributed by atoms with van der Waals surface area (Å²) in [5.41, 5.74) is 7.40. The third-order valence-corrected chi connectivity index (χ3v) is 3.42. The van der Waals surface area contributed by atoms with Gasteiger partial charge >= 0.3 is 0 Å². The summed E-state index contributed by atoms with van der Waals surface area (Å²) in [6, 6.07) is 12.3. The quantitative estimate of drug-likeness (QED) is 0.695. The fraction of sp³-hybridized carbons (Fsp3) is 0.278. The average Bonchev–Trinajstić information content (AvgIpc) is 2.55. The van der Waals surface area contributed by atoms with E-state index in [2.05, 4.69) is 5.32 Å². The maximum absolute atomic E-state index is 12.5. The van der Waals surface area contributed by atoms with Crippen molar-refractivity contribution in [1.82, 2.24) is 4.90 Å². The number of para-hydroxylation sites is 1. The number of benzene rings is 2. The summed E-state index contributed by atoms with van der Waals surface area (Å²) in [6.45, 7) is 1.28. The van der Waals surface area contributed by atoms with Crippen molar-refractivity contribution in [2.75, 3.05) is 45.4 Å². The van der Waals surface area contributed by atoms with Crippen LogP contribution in [0.3, 0.4) is 0 Å². The van der Waals surface area contributed by atoms with E-state index in [1.807, 2.05) is 25.1 Å². The molecule has 0 spiro atoms. The summed E-state index contributed by atoms with van der Waals surface area (Å²) in [5, 5.41) is 2.83. The van der Waals surface area contributed by atoms with Gasteiger partial charge in [0.2, 0.25) is 0 Å². The molecule has 0 unspecified atom stereocenters. The Kier molecular flexibility index (Phi) is 10.5. The number of anilines is 2. The number of carbonyl (C=O) groups is 1. The summed E-state index contributed by atoms with van der Waals surface area (Å²) in [6.07, 6.45) is 0. The maximum atomic E-state index is 12.5. The van der Waals surface area contributed by atoms with Crippen molar-refractivity contribution in [3.05, 3.63) is 48.0 Å². The first kappa shape index (κ1) is 23.9. The van der Waals surface area contributed by atoms with Crippen LogP contribution < -0.4 is 20.5 Å². The topological polar surface area (TPSA) is 76.8 Å². The van der Waals surface area contributed by atoms with Gasteiger partial charge in [0.1, 0.15) is 18.1 Å². The lowest BCUT2D eigenvalue weighted by atomic mass is 10.1. The fourth-order valence-corrected chi connectivity index (χ4v) is 2.13. The van der Waals surface area contributed by atoms with E-state index in [9.17, 15) is 4.79 Å². The minimum atomic E-state index is -0.250. The van der Waals surface area contributed by atoms with Crippen LogP contribution in [0.25, 0.3) is 0 Å². The van der Waals surface area contributed by atoms with Crippen LogP contribution in [0.5, 0.6) is 11.5 Å². The van der Waals surface area contributed by atoms with Gasteiger partial charge in [-0.05, 0) is 44.4 Å². The highest BCUT2D eigenvalue weighted by molar-refractivity contribution is 6.06. The van der Waals surface area contributed by atoms with Crippen molar-refractivity contribution in [2.24, 2.45) is 0 Å². The molecule has 0 atom stereocenters. The second kappa shape index (κ2) is 11.5. The van der Waals surface area contributed by atoms with Crippen molar-refractivity contribution in [1.29, 1.82) is 0 Å². The van der Waals surface area contributed by atoms with Crippen LogP contribution in [0.1, 0.15) is 10.4 Å². The van der Waals surface area contributed by atoms with Gasteiger partial charge in [0.15, 0.2) is 0 Å². The number of methoxy groups -OCH3 is 1. The molecule has 8 heteroatoms. The molecule has 6 nitrogen and oxygen atoms in total. The number of nitrogens with one attached hydrogen (secondary N) is 1. The molecular formula is C18H25Cl2N3O3. The highest BCUT2D eigenvalue weighted by atomic mass is 35.5. The summed E-state index contributed by atoms with van der Waals surface area (Å²) >= 11 is 0. The molecule has 0 aliphatic heterocycles. The molecule has 0 heterocycles. The van der Waals surface area contributed by atoms with E-state index in [1.165, 1.54) is 0 Å². The predicted molar refractivity (Wildman–Crippen MR) is 110 cm³/mol. The van der Waals surface area contributed by atoms with Crippen molar-refractivity contribution in [2.45, 2.75) is 0 Å². The van der Waals surface area contributed by atoms with Gasteiger partial charge in [-0.1, -0.05) is 12.1 Å². The Bertz CT molecular complexity index is 712. The molecule has 0 saturated carbocycles. The van der Waals surface area contributed by atoms with Crippen LogP contribution in [0, 0.1) is 0 Å². The minimum absolute atomic E-state index is 0. The Hall–Kier alpha value is -2.15. The van der Waals surface area contributed by atoms with Crippen LogP contribution in [0.15, 0.2) is 42.5 Å². The lowest BCUT2D eigenvalue weighted by Gasteiger charge is -2.14. The number of likely N-dealkylation sites (N-methyl/N-ethyl adjacent to an activating group) is 1. The monoisotopic (exact) mass is 401 g/mol. The fourth-order valence-electron chi connectivity index (χ4n) is 2.13. The van der Waals surface area contributed by atoms with Crippen molar-refractivity contribution in [3.63, 3.8) is 0 Å². The SMILES string of the molecule is COc1ccc(NC(=O)c2ccccc2OCCN(C)C)cc1N.Cl.Cl. The zero-order valence-corrected chi connectivity index (χ0v) is 16.7. The first-order valence-electron chi connectivity index (χ1n) is 7.62. The summed E-state index contributed by atoms with van der Waals surface area (Å²) in [4.78, 5) is 14.5. The molecule has 2 aromatic carbocycles. The molecule has 0 aliphatic carbocycles. The Morgan fingerprint density at radius 2 is 1.81 bits per heavy atom.